The minimum Gasteiger partial charge on any atom is -0.457 e. The summed E-state index contributed by atoms with van der Waals surface area (Å²) in [6.07, 6.45) is 1.08. The summed E-state index contributed by atoms with van der Waals surface area (Å²) in [7, 11) is 0. The molecule has 1 fully saturated rings. The molecule has 106 valence electrons. The predicted molar refractivity (Wildman–Crippen MR) is 70.0 cm³/mol. The van der Waals surface area contributed by atoms with Gasteiger partial charge < -0.3 is 4.74 Å². The molecule has 0 bridgehead atoms. The van der Waals surface area contributed by atoms with Crippen molar-refractivity contribution in [1.29, 1.82) is 0 Å². The normalized spacial score (nSPS) is 20.2. The first-order chi connectivity index (χ1) is 9.52. The molecule has 0 spiro atoms. The second-order valence-corrected chi connectivity index (χ2v) is 4.78. The highest BCUT2D eigenvalue weighted by Crippen LogP contribution is 2.34. The number of esters is 1. The van der Waals surface area contributed by atoms with Crippen LogP contribution in [0.4, 0.5) is 0 Å². The number of hydrogen-bond donors (Lipinski definition) is 0. The Balaban J connectivity index is 1.83. The van der Waals surface area contributed by atoms with Crippen LogP contribution in [0, 0.1) is 16.0 Å². The van der Waals surface area contributed by atoms with E-state index in [-0.39, 0.29) is 18.8 Å². The third kappa shape index (κ3) is 3.20. The van der Waals surface area contributed by atoms with Crippen molar-refractivity contribution >= 4 is 11.8 Å². The molecule has 1 aliphatic rings. The van der Waals surface area contributed by atoms with Gasteiger partial charge >= 0.3 is 5.97 Å². The van der Waals surface area contributed by atoms with Gasteiger partial charge in [-0.25, -0.2) is 0 Å². The van der Waals surface area contributed by atoms with Crippen molar-refractivity contribution in [1.82, 2.24) is 0 Å². The van der Waals surface area contributed by atoms with Crippen LogP contribution in [0.2, 0.25) is 0 Å². The van der Waals surface area contributed by atoms with Gasteiger partial charge in [0.25, 0.3) is 0 Å². The number of aryl methyl sites for hydroxylation is 1. The molecular weight excluding hydrogens is 262 g/mol. The SMILES string of the molecule is CCc1ccc(C(=O)COC(=O)C2CC2[N+](=O)[O-])cc1. The molecule has 2 unspecified atom stereocenters. The number of ketones is 1. The number of carbonyl (C=O) groups is 2. The topological polar surface area (TPSA) is 86.5 Å². The van der Waals surface area contributed by atoms with Crippen molar-refractivity contribution < 1.29 is 19.2 Å². The van der Waals surface area contributed by atoms with E-state index in [9.17, 15) is 19.7 Å². The molecule has 6 nitrogen and oxygen atoms in total. The Hall–Kier alpha value is -2.24. The molecule has 1 aromatic carbocycles. The van der Waals surface area contributed by atoms with Crippen LogP contribution in [-0.4, -0.2) is 29.3 Å². The van der Waals surface area contributed by atoms with Gasteiger partial charge in [-0.05, 0) is 12.0 Å². The van der Waals surface area contributed by atoms with Crippen LogP contribution >= 0.6 is 0 Å². The van der Waals surface area contributed by atoms with Crippen molar-refractivity contribution in [2.24, 2.45) is 5.92 Å². The van der Waals surface area contributed by atoms with Gasteiger partial charge in [0, 0.05) is 16.9 Å². The molecule has 20 heavy (non-hydrogen) atoms. The van der Waals surface area contributed by atoms with E-state index in [4.69, 9.17) is 4.74 Å². The first-order valence-electron chi connectivity index (χ1n) is 6.45. The zero-order valence-electron chi connectivity index (χ0n) is 11.1. The van der Waals surface area contributed by atoms with Crippen molar-refractivity contribution in [3.63, 3.8) is 0 Å². The molecule has 0 heterocycles. The molecular formula is C14H15NO5. The van der Waals surface area contributed by atoms with Crippen LogP contribution in [0.3, 0.4) is 0 Å². The zero-order valence-corrected chi connectivity index (χ0v) is 11.1. The minimum atomic E-state index is -0.846. The molecule has 1 aromatic rings. The molecule has 0 saturated heterocycles. The number of ether oxygens (including phenoxy) is 1. The number of nitro groups is 1. The van der Waals surface area contributed by atoms with E-state index in [2.05, 4.69) is 0 Å². The van der Waals surface area contributed by atoms with Crippen molar-refractivity contribution in [3.05, 3.63) is 45.5 Å². The van der Waals surface area contributed by atoms with E-state index < -0.39 is 22.9 Å². The number of Topliss-reactive ketones (excluding diaryl/α,β-unsaturated/α-hetero) is 1. The molecule has 6 heteroatoms. The average molecular weight is 277 g/mol. The van der Waals surface area contributed by atoms with Crippen molar-refractivity contribution in [2.75, 3.05) is 6.61 Å². The van der Waals surface area contributed by atoms with Gasteiger partial charge in [0.2, 0.25) is 6.04 Å². The molecule has 0 N–H and O–H groups in total. The summed E-state index contributed by atoms with van der Waals surface area (Å²) in [6, 6.07) is 6.22. The summed E-state index contributed by atoms with van der Waals surface area (Å²) in [5.74, 6) is -1.66. The summed E-state index contributed by atoms with van der Waals surface area (Å²) in [5.41, 5.74) is 1.59. The van der Waals surface area contributed by atoms with Gasteiger partial charge in [0.1, 0.15) is 5.92 Å². The molecule has 0 aliphatic heterocycles. The predicted octanol–water partition coefficient (Wildman–Crippen LogP) is 1.64. The van der Waals surface area contributed by atoms with E-state index in [0.29, 0.717) is 5.56 Å². The average Bonchev–Trinajstić information content (AvgIpc) is 3.25. The third-order valence-electron chi connectivity index (χ3n) is 3.36. The highest BCUT2D eigenvalue weighted by Gasteiger charge is 2.54. The summed E-state index contributed by atoms with van der Waals surface area (Å²) >= 11 is 0. The Labute approximate surface area is 115 Å². The number of hydrogen-bond acceptors (Lipinski definition) is 5. The maximum atomic E-state index is 11.8. The Bertz CT molecular complexity index is 537. The zero-order chi connectivity index (χ0) is 14.7. The van der Waals surface area contributed by atoms with Crippen LogP contribution in [0.1, 0.15) is 29.3 Å². The quantitative estimate of drug-likeness (QED) is 0.341. The molecule has 1 saturated carbocycles. The largest absolute Gasteiger partial charge is 0.457 e. The van der Waals surface area contributed by atoms with Gasteiger partial charge in [0.15, 0.2) is 12.4 Å². The molecule has 0 amide bonds. The lowest BCUT2D eigenvalue weighted by Crippen LogP contribution is -2.18. The molecule has 0 radical (unpaired) electrons. The number of carbonyl (C=O) groups excluding carboxylic acids is 2. The lowest BCUT2D eigenvalue weighted by atomic mass is 10.1. The summed E-state index contributed by atoms with van der Waals surface area (Å²) < 4.78 is 4.83. The van der Waals surface area contributed by atoms with Crippen LogP contribution in [0.15, 0.2) is 24.3 Å². The minimum absolute atomic E-state index is 0.200. The number of nitrogens with zero attached hydrogens (tertiary/aromatic N) is 1. The second kappa shape index (κ2) is 5.81. The Morgan fingerprint density at radius 2 is 2.00 bits per heavy atom. The Morgan fingerprint density at radius 3 is 2.50 bits per heavy atom. The van der Waals surface area contributed by atoms with Crippen LogP contribution in [0.5, 0.6) is 0 Å². The monoisotopic (exact) mass is 277 g/mol. The van der Waals surface area contributed by atoms with Crippen molar-refractivity contribution in [3.8, 4) is 0 Å². The standard InChI is InChI=1S/C14H15NO5/c1-2-9-3-5-10(6-4-9)13(16)8-20-14(17)11-7-12(11)15(18)19/h3-6,11-12H,2,7-8H2,1H3. The molecule has 1 aliphatic carbocycles. The van der Waals surface area contributed by atoms with Crippen LogP contribution in [0.25, 0.3) is 0 Å². The highest BCUT2D eigenvalue weighted by atomic mass is 16.6. The van der Waals surface area contributed by atoms with E-state index in [1.54, 1.807) is 12.1 Å². The van der Waals surface area contributed by atoms with Crippen LogP contribution < -0.4 is 0 Å². The highest BCUT2D eigenvalue weighted by molar-refractivity contribution is 5.98. The lowest BCUT2D eigenvalue weighted by Gasteiger charge is -2.04. The Kier molecular flexibility index (Phi) is 4.12. The fourth-order valence-electron chi connectivity index (χ4n) is 1.92. The number of rotatable bonds is 6. The fraction of sp³-hybridized carbons (Fsp3) is 0.429. The third-order valence-corrected chi connectivity index (χ3v) is 3.36. The summed E-state index contributed by atoms with van der Waals surface area (Å²) in [6.45, 7) is 1.64. The smallest absolute Gasteiger partial charge is 0.316 e. The van der Waals surface area contributed by atoms with Gasteiger partial charge in [0.05, 0.1) is 0 Å². The number of benzene rings is 1. The summed E-state index contributed by atoms with van der Waals surface area (Å²) in [4.78, 5) is 33.2. The Morgan fingerprint density at radius 1 is 1.35 bits per heavy atom. The summed E-state index contributed by atoms with van der Waals surface area (Å²) in [5, 5.41) is 10.4. The van der Waals surface area contributed by atoms with E-state index >= 15 is 0 Å². The van der Waals surface area contributed by atoms with Gasteiger partial charge in [-0.3, -0.25) is 19.7 Å². The first kappa shape index (κ1) is 14.2. The molecule has 2 rings (SSSR count). The van der Waals surface area contributed by atoms with E-state index in [1.807, 2.05) is 19.1 Å². The first-order valence-corrected chi connectivity index (χ1v) is 6.45. The maximum absolute atomic E-state index is 11.8. The maximum Gasteiger partial charge on any atom is 0.316 e. The van der Waals surface area contributed by atoms with Crippen LogP contribution in [-0.2, 0) is 16.0 Å². The van der Waals surface area contributed by atoms with Gasteiger partial charge in [-0.2, -0.15) is 0 Å². The second-order valence-electron chi connectivity index (χ2n) is 4.78. The molecule has 0 aromatic heterocycles. The van der Waals surface area contributed by atoms with Gasteiger partial charge in [-0.1, -0.05) is 31.2 Å². The lowest BCUT2D eigenvalue weighted by molar-refractivity contribution is -0.497. The van der Waals surface area contributed by atoms with Gasteiger partial charge in [-0.15, -0.1) is 0 Å². The fourth-order valence-corrected chi connectivity index (χ4v) is 1.92. The van der Waals surface area contributed by atoms with E-state index in [1.165, 1.54) is 0 Å². The van der Waals surface area contributed by atoms with E-state index in [0.717, 1.165) is 12.0 Å². The molecule has 2 atom stereocenters. The van der Waals surface area contributed by atoms with Crippen molar-refractivity contribution in [2.45, 2.75) is 25.8 Å².